The van der Waals surface area contributed by atoms with E-state index in [0.717, 1.165) is 0 Å². The summed E-state index contributed by atoms with van der Waals surface area (Å²) < 4.78 is 0. The molecule has 2 aliphatic rings. The van der Waals surface area contributed by atoms with Crippen LogP contribution in [0.3, 0.4) is 0 Å². The highest BCUT2D eigenvalue weighted by molar-refractivity contribution is 4.96. The van der Waals surface area contributed by atoms with Crippen LogP contribution in [-0.4, -0.2) is 56.1 Å². The van der Waals surface area contributed by atoms with Gasteiger partial charge in [0, 0.05) is 11.8 Å². The molecular weight excluding hydrogens is 236 g/mol. The Labute approximate surface area is 107 Å². The molecule has 2 aliphatic carbocycles. The van der Waals surface area contributed by atoms with E-state index in [1.54, 1.807) is 6.92 Å². The summed E-state index contributed by atoms with van der Waals surface area (Å²) in [6.45, 7) is 1.77. The minimum Gasteiger partial charge on any atom is -0.393 e. The molecule has 7 atom stereocenters. The predicted molar refractivity (Wildman–Crippen MR) is 64.6 cm³/mol. The molecular formula is C13H24O5. The Kier molecular flexibility index (Phi) is 4.29. The smallest absolute Gasteiger partial charge is 0.0645 e. The molecule has 0 heterocycles. The number of aliphatic hydroxyl groups is 5. The van der Waals surface area contributed by atoms with Gasteiger partial charge in [-0.25, -0.2) is 0 Å². The van der Waals surface area contributed by atoms with Crippen molar-refractivity contribution >= 4 is 0 Å². The van der Waals surface area contributed by atoms with E-state index in [9.17, 15) is 25.5 Å². The molecule has 2 fully saturated rings. The van der Waals surface area contributed by atoms with Crippen LogP contribution < -0.4 is 0 Å². The summed E-state index contributed by atoms with van der Waals surface area (Å²) in [7, 11) is 0. The largest absolute Gasteiger partial charge is 0.393 e. The maximum Gasteiger partial charge on any atom is 0.0645 e. The summed E-state index contributed by atoms with van der Waals surface area (Å²) in [6, 6.07) is 0. The third-order valence-corrected chi connectivity index (χ3v) is 4.71. The first-order valence-electron chi connectivity index (χ1n) is 6.80. The third-order valence-electron chi connectivity index (χ3n) is 4.71. The average molecular weight is 260 g/mol. The standard InChI is InChI=1S/C13H24O5/c1-6-10(16)5-11(17)12(13(6)18)7-2-8(14)4-9(15)3-7/h6-18H,2-5H2,1H3. The molecule has 0 aromatic carbocycles. The van der Waals surface area contributed by atoms with E-state index < -0.39 is 30.5 Å². The van der Waals surface area contributed by atoms with Crippen LogP contribution in [0.1, 0.15) is 32.6 Å². The minimum atomic E-state index is -0.786. The maximum absolute atomic E-state index is 10.2. The van der Waals surface area contributed by atoms with Crippen LogP contribution in [0.5, 0.6) is 0 Å². The lowest BCUT2D eigenvalue weighted by Crippen LogP contribution is -2.52. The van der Waals surface area contributed by atoms with Crippen molar-refractivity contribution in [3.05, 3.63) is 0 Å². The van der Waals surface area contributed by atoms with Gasteiger partial charge in [0.05, 0.1) is 30.5 Å². The topological polar surface area (TPSA) is 101 Å². The second-order valence-electron chi connectivity index (χ2n) is 6.07. The number of hydrogen-bond acceptors (Lipinski definition) is 5. The SMILES string of the molecule is CC1C(O)CC(O)C(C2CC(O)CC(O)C2)C1O. The van der Waals surface area contributed by atoms with Crippen molar-refractivity contribution < 1.29 is 25.5 Å². The summed E-state index contributed by atoms with van der Waals surface area (Å²) in [5.41, 5.74) is 0. The van der Waals surface area contributed by atoms with Crippen LogP contribution in [-0.2, 0) is 0 Å². The molecule has 0 aromatic rings. The second kappa shape index (κ2) is 5.43. The molecule has 106 valence electrons. The van der Waals surface area contributed by atoms with Crippen molar-refractivity contribution in [3.63, 3.8) is 0 Å². The van der Waals surface area contributed by atoms with Crippen LogP contribution in [0.4, 0.5) is 0 Å². The fourth-order valence-corrected chi connectivity index (χ4v) is 3.63. The molecule has 0 aromatic heterocycles. The van der Waals surface area contributed by atoms with Gasteiger partial charge >= 0.3 is 0 Å². The van der Waals surface area contributed by atoms with Crippen LogP contribution >= 0.6 is 0 Å². The molecule has 0 bridgehead atoms. The Morgan fingerprint density at radius 1 is 0.722 bits per heavy atom. The molecule has 0 aliphatic heterocycles. The highest BCUT2D eigenvalue weighted by Crippen LogP contribution is 2.40. The lowest BCUT2D eigenvalue weighted by atomic mass is 9.66. The van der Waals surface area contributed by atoms with Crippen LogP contribution in [0, 0.1) is 17.8 Å². The Bertz CT molecular complexity index is 275. The Balaban J connectivity index is 2.10. The molecule has 0 spiro atoms. The molecule has 0 saturated heterocycles. The molecule has 7 unspecified atom stereocenters. The molecule has 5 heteroatoms. The average Bonchev–Trinajstić information content (AvgIpc) is 2.24. The first-order valence-corrected chi connectivity index (χ1v) is 6.80. The van der Waals surface area contributed by atoms with Gasteiger partial charge in [0.2, 0.25) is 0 Å². The normalized spacial score (nSPS) is 54.3. The van der Waals surface area contributed by atoms with Gasteiger partial charge in [-0.15, -0.1) is 0 Å². The van der Waals surface area contributed by atoms with E-state index in [4.69, 9.17) is 0 Å². The molecule has 5 nitrogen and oxygen atoms in total. The lowest BCUT2D eigenvalue weighted by Gasteiger charge is -2.45. The van der Waals surface area contributed by atoms with E-state index in [0.29, 0.717) is 19.3 Å². The van der Waals surface area contributed by atoms with Gasteiger partial charge in [-0.3, -0.25) is 0 Å². The molecule has 0 amide bonds. The molecule has 2 saturated carbocycles. The minimum absolute atomic E-state index is 0.0938. The van der Waals surface area contributed by atoms with Crippen LogP contribution in [0.25, 0.3) is 0 Å². The van der Waals surface area contributed by atoms with Crippen molar-refractivity contribution in [2.24, 2.45) is 17.8 Å². The second-order valence-corrected chi connectivity index (χ2v) is 6.07. The predicted octanol–water partition coefficient (Wildman–Crippen LogP) is -0.753. The maximum atomic E-state index is 10.2. The van der Waals surface area contributed by atoms with E-state index in [1.165, 1.54) is 0 Å². The fraction of sp³-hybridized carbons (Fsp3) is 1.00. The zero-order valence-electron chi connectivity index (χ0n) is 10.7. The van der Waals surface area contributed by atoms with E-state index in [2.05, 4.69) is 0 Å². The molecule has 5 N–H and O–H groups in total. The highest BCUT2D eigenvalue weighted by atomic mass is 16.3. The third kappa shape index (κ3) is 2.70. The summed E-state index contributed by atoms with van der Waals surface area (Å²) in [5.74, 6) is -0.744. The van der Waals surface area contributed by atoms with E-state index in [-0.39, 0.29) is 24.2 Å². The summed E-state index contributed by atoms with van der Waals surface area (Å²) in [6.07, 6.45) is -1.76. The van der Waals surface area contributed by atoms with E-state index >= 15 is 0 Å². The Morgan fingerprint density at radius 3 is 1.83 bits per heavy atom. The van der Waals surface area contributed by atoms with Crippen molar-refractivity contribution in [2.45, 2.75) is 63.1 Å². The van der Waals surface area contributed by atoms with Crippen molar-refractivity contribution in [3.8, 4) is 0 Å². The zero-order valence-corrected chi connectivity index (χ0v) is 10.7. The summed E-state index contributed by atoms with van der Waals surface area (Å²) >= 11 is 0. The fourth-order valence-electron chi connectivity index (χ4n) is 3.63. The quantitative estimate of drug-likeness (QED) is 0.427. The first kappa shape index (κ1) is 14.2. The van der Waals surface area contributed by atoms with Gasteiger partial charge in [0.15, 0.2) is 0 Å². The van der Waals surface area contributed by atoms with Crippen molar-refractivity contribution in [1.29, 1.82) is 0 Å². The van der Waals surface area contributed by atoms with Crippen LogP contribution in [0.2, 0.25) is 0 Å². The Hall–Kier alpha value is -0.200. The van der Waals surface area contributed by atoms with Gasteiger partial charge in [-0.1, -0.05) is 6.92 Å². The van der Waals surface area contributed by atoms with Crippen LogP contribution in [0.15, 0.2) is 0 Å². The molecule has 0 radical (unpaired) electrons. The number of aliphatic hydroxyl groups excluding tert-OH is 5. The lowest BCUT2D eigenvalue weighted by molar-refractivity contribution is -0.140. The highest BCUT2D eigenvalue weighted by Gasteiger charge is 2.46. The molecule has 18 heavy (non-hydrogen) atoms. The van der Waals surface area contributed by atoms with Crippen molar-refractivity contribution in [1.82, 2.24) is 0 Å². The molecule has 2 rings (SSSR count). The van der Waals surface area contributed by atoms with Gasteiger partial charge in [0.1, 0.15) is 0 Å². The van der Waals surface area contributed by atoms with Gasteiger partial charge < -0.3 is 25.5 Å². The summed E-state index contributed by atoms with van der Waals surface area (Å²) in [4.78, 5) is 0. The summed E-state index contributed by atoms with van der Waals surface area (Å²) in [5, 5.41) is 49.4. The van der Waals surface area contributed by atoms with Gasteiger partial charge in [-0.2, -0.15) is 0 Å². The first-order chi connectivity index (χ1) is 8.40. The van der Waals surface area contributed by atoms with Crippen molar-refractivity contribution in [2.75, 3.05) is 0 Å². The number of rotatable bonds is 1. The Morgan fingerprint density at radius 2 is 1.28 bits per heavy atom. The van der Waals surface area contributed by atoms with E-state index in [1.807, 2.05) is 0 Å². The monoisotopic (exact) mass is 260 g/mol. The van der Waals surface area contributed by atoms with Gasteiger partial charge in [-0.05, 0) is 31.6 Å². The van der Waals surface area contributed by atoms with Gasteiger partial charge in [0.25, 0.3) is 0 Å². The number of hydrogen-bond donors (Lipinski definition) is 5. The zero-order chi connectivity index (χ0) is 13.4.